The first kappa shape index (κ1) is 19.2. The molecule has 1 unspecified atom stereocenters. The Kier molecular flexibility index (Phi) is 3.70. The van der Waals surface area contributed by atoms with E-state index >= 15 is 0 Å². The first-order valence-electron chi connectivity index (χ1n) is 11.8. The van der Waals surface area contributed by atoms with Gasteiger partial charge in [-0.2, -0.15) is 5.10 Å². The van der Waals surface area contributed by atoms with E-state index in [4.69, 9.17) is 5.10 Å². The van der Waals surface area contributed by atoms with Crippen molar-refractivity contribution >= 4 is 37.4 Å². The number of pyridine rings is 1. The van der Waals surface area contributed by atoms with E-state index in [9.17, 15) is 4.79 Å². The number of hydrogen-bond donors (Lipinski definition) is 0. The molecule has 1 atom stereocenters. The molecule has 5 nitrogen and oxygen atoms in total. The lowest BCUT2D eigenvalue weighted by atomic mass is 9.41. The molecule has 2 aromatic carbocycles. The topological polar surface area (TPSA) is 51.0 Å². The maximum absolute atomic E-state index is 13.3. The predicted molar refractivity (Wildman–Crippen MR) is 134 cm³/mol. The highest BCUT2D eigenvalue weighted by atomic mass is 16.2. The van der Waals surface area contributed by atoms with Crippen molar-refractivity contribution in [2.75, 3.05) is 0 Å². The van der Waals surface area contributed by atoms with Gasteiger partial charge in [-0.3, -0.25) is 14.5 Å². The Labute approximate surface area is 194 Å². The maximum Gasteiger partial charge on any atom is 0.255 e. The van der Waals surface area contributed by atoms with Crippen molar-refractivity contribution in [2.24, 2.45) is 7.05 Å². The molecule has 0 spiro atoms. The fourth-order valence-electron chi connectivity index (χ4n) is 6.09. The third-order valence-corrected chi connectivity index (χ3v) is 7.94. The third-order valence-electron chi connectivity index (χ3n) is 7.94. The standard InChI is InChI=1S/C26H24B2N4O/c1-14-5-8-17(21-12-31(2)30-23(14)21)16-10-19(15-6-7-15)20-13-32-25(33)18-4-3-9-29-24(18)26(32,27)28-22(20)11-16/h3-5,8-12,15,28H,6-7,13,27H2,1-2H3. The van der Waals surface area contributed by atoms with Crippen LogP contribution in [-0.4, -0.2) is 40.7 Å². The van der Waals surface area contributed by atoms with Crippen LogP contribution < -0.4 is 5.46 Å². The molecular weight excluding hydrogens is 406 g/mol. The molecule has 4 aromatic rings. The molecule has 3 aliphatic rings. The molecule has 0 bridgehead atoms. The number of aryl methyl sites for hydroxylation is 2. The zero-order chi connectivity index (χ0) is 22.5. The number of benzene rings is 2. The van der Waals surface area contributed by atoms with Crippen molar-refractivity contribution in [1.29, 1.82) is 0 Å². The van der Waals surface area contributed by atoms with Crippen LogP contribution in [0.15, 0.2) is 48.8 Å². The number of carbonyl (C=O) groups excluding carboxylic acids is 1. The summed E-state index contributed by atoms with van der Waals surface area (Å²) in [5.41, 5.74) is 10.6. The van der Waals surface area contributed by atoms with E-state index in [2.05, 4.69) is 55.1 Å². The first-order valence-corrected chi connectivity index (χ1v) is 11.8. The summed E-state index contributed by atoms with van der Waals surface area (Å²) >= 11 is 0. The molecule has 0 N–H and O–H groups in total. The molecule has 1 amide bonds. The highest BCUT2D eigenvalue weighted by molar-refractivity contribution is 6.67. The molecule has 1 aliphatic carbocycles. The Hall–Kier alpha value is -3.34. The molecule has 1 fully saturated rings. The van der Waals surface area contributed by atoms with Gasteiger partial charge in [0.2, 0.25) is 0 Å². The number of nitrogens with zero attached hydrogens (tertiary/aromatic N) is 4. The summed E-state index contributed by atoms with van der Waals surface area (Å²) in [5.74, 6) is 0.726. The zero-order valence-electron chi connectivity index (χ0n) is 19.2. The summed E-state index contributed by atoms with van der Waals surface area (Å²) in [4.78, 5) is 20.0. The number of amides is 1. The molecule has 4 heterocycles. The normalized spacial score (nSPS) is 21.0. The van der Waals surface area contributed by atoms with E-state index in [1.165, 1.54) is 51.5 Å². The molecule has 7 rings (SSSR count). The zero-order valence-corrected chi connectivity index (χ0v) is 19.2. The van der Waals surface area contributed by atoms with Crippen LogP contribution >= 0.6 is 0 Å². The van der Waals surface area contributed by atoms with Crippen LogP contribution in [0.25, 0.3) is 22.0 Å². The highest BCUT2D eigenvalue weighted by Crippen LogP contribution is 2.46. The van der Waals surface area contributed by atoms with E-state index < -0.39 is 5.34 Å². The lowest BCUT2D eigenvalue weighted by molar-refractivity contribution is 0.0725. The Balaban J connectivity index is 1.44. The Bertz CT molecular complexity index is 1510. The smallest absolute Gasteiger partial charge is 0.255 e. The van der Waals surface area contributed by atoms with Gasteiger partial charge in [0.25, 0.3) is 5.91 Å². The van der Waals surface area contributed by atoms with Crippen LogP contribution in [0.2, 0.25) is 0 Å². The molecule has 0 radical (unpaired) electrons. The number of carbonyl (C=O) groups is 1. The lowest BCUT2D eigenvalue weighted by Gasteiger charge is -2.41. The quantitative estimate of drug-likeness (QED) is 0.459. The SMILES string of the molecule is BC12Bc3cc(-c4ccc(C)c5nn(C)cc45)cc(C4CC4)c3CN1C(=O)c1cccnc12. The van der Waals surface area contributed by atoms with Gasteiger partial charge in [-0.1, -0.05) is 29.7 Å². The minimum Gasteiger partial charge on any atom is -0.338 e. The van der Waals surface area contributed by atoms with Gasteiger partial charge in [-0.25, -0.2) is 0 Å². The Morgan fingerprint density at radius 1 is 1.18 bits per heavy atom. The summed E-state index contributed by atoms with van der Waals surface area (Å²) in [6.45, 7) is 2.79. The van der Waals surface area contributed by atoms with Gasteiger partial charge in [0.15, 0.2) is 7.28 Å². The number of rotatable bonds is 2. The monoisotopic (exact) mass is 430 g/mol. The van der Waals surface area contributed by atoms with Crippen molar-refractivity contribution in [3.05, 3.63) is 76.7 Å². The molecule has 2 aliphatic heterocycles. The van der Waals surface area contributed by atoms with Crippen LogP contribution in [0.5, 0.6) is 0 Å². The highest BCUT2D eigenvalue weighted by Gasteiger charge is 2.51. The largest absolute Gasteiger partial charge is 0.338 e. The fourth-order valence-corrected chi connectivity index (χ4v) is 6.09. The average Bonchev–Trinajstić information content (AvgIpc) is 3.54. The molecule has 0 saturated heterocycles. The van der Waals surface area contributed by atoms with Gasteiger partial charge < -0.3 is 4.90 Å². The second kappa shape index (κ2) is 6.37. The number of aromatic nitrogens is 3. The van der Waals surface area contributed by atoms with Crippen molar-refractivity contribution in [2.45, 2.75) is 37.6 Å². The van der Waals surface area contributed by atoms with Crippen LogP contribution in [0, 0.1) is 6.92 Å². The molecular formula is C26H24B2N4O. The van der Waals surface area contributed by atoms with Crippen molar-refractivity contribution < 1.29 is 4.79 Å². The molecule has 33 heavy (non-hydrogen) atoms. The second-order valence-electron chi connectivity index (χ2n) is 10.2. The second-order valence-corrected chi connectivity index (χ2v) is 10.2. The van der Waals surface area contributed by atoms with E-state index in [0.717, 1.165) is 24.1 Å². The van der Waals surface area contributed by atoms with E-state index in [-0.39, 0.29) is 5.91 Å². The van der Waals surface area contributed by atoms with Crippen LogP contribution in [0.3, 0.4) is 0 Å². The lowest BCUT2D eigenvalue weighted by Crippen LogP contribution is -2.57. The minimum atomic E-state index is -0.392. The van der Waals surface area contributed by atoms with Crippen molar-refractivity contribution in [3.63, 3.8) is 0 Å². The van der Waals surface area contributed by atoms with E-state index in [1.807, 2.05) is 30.1 Å². The maximum atomic E-state index is 13.3. The fraction of sp³-hybridized carbons (Fsp3) is 0.269. The van der Waals surface area contributed by atoms with Crippen molar-refractivity contribution in [3.8, 4) is 11.1 Å². The number of hydrogen-bond acceptors (Lipinski definition) is 3. The molecule has 2 aromatic heterocycles. The van der Waals surface area contributed by atoms with Crippen LogP contribution in [-0.2, 0) is 18.9 Å². The summed E-state index contributed by atoms with van der Waals surface area (Å²) in [6.07, 6.45) is 6.42. The minimum absolute atomic E-state index is 0.118. The van der Waals surface area contributed by atoms with E-state index in [0.29, 0.717) is 12.5 Å². The molecule has 1 saturated carbocycles. The Morgan fingerprint density at radius 2 is 2.03 bits per heavy atom. The van der Waals surface area contributed by atoms with Crippen LogP contribution in [0.1, 0.15) is 51.5 Å². The number of fused-ring (bicyclic) bond motifs is 5. The van der Waals surface area contributed by atoms with Gasteiger partial charge in [0.1, 0.15) is 7.85 Å². The third kappa shape index (κ3) is 2.59. The predicted octanol–water partition coefficient (Wildman–Crippen LogP) is 2.30. The summed E-state index contributed by atoms with van der Waals surface area (Å²) in [7, 11) is 4.97. The van der Waals surface area contributed by atoms with Gasteiger partial charge in [0.05, 0.1) is 16.8 Å². The van der Waals surface area contributed by atoms with Gasteiger partial charge in [-0.05, 0) is 65.6 Å². The molecule has 7 heteroatoms. The molecule has 160 valence electrons. The Morgan fingerprint density at radius 3 is 2.85 bits per heavy atom. The van der Waals surface area contributed by atoms with Crippen LogP contribution in [0.4, 0.5) is 0 Å². The van der Waals surface area contributed by atoms with Gasteiger partial charge in [-0.15, -0.1) is 0 Å². The summed E-state index contributed by atoms with van der Waals surface area (Å²) in [5, 5.41) is 5.52. The summed E-state index contributed by atoms with van der Waals surface area (Å²) < 4.78 is 1.91. The van der Waals surface area contributed by atoms with Gasteiger partial charge in [0, 0.05) is 36.7 Å². The average molecular weight is 430 g/mol. The summed E-state index contributed by atoms with van der Waals surface area (Å²) in [6, 6.07) is 13.0. The van der Waals surface area contributed by atoms with E-state index in [1.54, 1.807) is 0 Å². The van der Waals surface area contributed by atoms with Gasteiger partial charge >= 0.3 is 0 Å². The van der Waals surface area contributed by atoms with Crippen molar-refractivity contribution in [1.82, 2.24) is 19.7 Å². The first-order chi connectivity index (χ1) is 15.9.